The Balaban J connectivity index is 1.48. The number of unbranched alkanes of at least 4 members (excludes halogenated alkanes) is 1. The molecule has 0 unspecified atom stereocenters. The largest absolute Gasteiger partial charge is 0.494 e. The summed E-state index contributed by atoms with van der Waals surface area (Å²) >= 11 is 1.43. The normalized spacial score (nSPS) is 11.4. The molecule has 4 aromatic rings. The van der Waals surface area contributed by atoms with E-state index in [9.17, 15) is 5.11 Å². The number of benzene rings is 2. The van der Waals surface area contributed by atoms with Gasteiger partial charge in [-0.3, -0.25) is 0 Å². The SMILES string of the molecule is CCCCOc1ccc(-c2nc(/C=N/c3nc4ccc(OCC)cc4s3)c(O)o2)cc1. The molecule has 0 fully saturated rings. The van der Waals surface area contributed by atoms with Crippen molar-refractivity contribution in [1.82, 2.24) is 9.97 Å². The van der Waals surface area contributed by atoms with Gasteiger partial charge < -0.3 is 19.0 Å². The number of nitrogens with zero attached hydrogens (tertiary/aromatic N) is 3. The summed E-state index contributed by atoms with van der Waals surface area (Å²) in [5, 5.41) is 10.7. The van der Waals surface area contributed by atoms with Crippen LogP contribution in [0.4, 0.5) is 5.13 Å². The van der Waals surface area contributed by atoms with Crippen LogP contribution in [0, 0.1) is 0 Å². The third-order valence-electron chi connectivity index (χ3n) is 4.46. The molecule has 8 heteroatoms. The van der Waals surface area contributed by atoms with Crippen molar-refractivity contribution in [2.75, 3.05) is 13.2 Å². The number of aromatic hydroxyl groups is 1. The lowest BCUT2D eigenvalue weighted by molar-refractivity contribution is 0.309. The molecular formula is C23H23N3O4S. The zero-order valence-corrected chi connectivity index (χ0v) is 18.2. The number of aliphatic imine (C=N–C) groups is 1. The molecule has 0 bridgehead atoms. The van der Waals surface area contributed by atoms with E-state index in [1.807, 2.05) is 49.4 Å². The lowest BCUT2D eigenvalue weighted by atomic mass is 10.2. The molecule has 0 aliphatic heterocycles. The summed E-state index contributed by atoms with van der Waals surface area (Å²) in [4.78, 5) is 13.2. The van der Waals surface area contributed by atoms with Crippen molar-refractivity contribution in [1.29, 1.82) is 0 Å². The molecule has 1 N–H and O–H groups in total. The Bertz CT molecular complexity index is 1180. The van der Waals surface area contributed by atoms with Crippen molar-refractivity contribution >= 4 is 32.9 Å². The van der Waals surface area contributed by atoms with Gasteiger partial charge in [0.25, 0.3) is 0 Å². The second kappa shape index (κ2) is 9.61. The molecule has 0 atom stereocenters. The molecule has 4 rings (SSSR count). The highest BCUT2D eigenvalue weighted by atomic mass is 32.1. The Morgan fingerprint density at radius 1 is 1.06 bits per heavy atom. The monoisotopic (exact) mass is 437 g/mol. The van der Waals surface area contributed by atoms with Gasteiger partial charge in [0.15, 0.2) is 5.69 Å². The minimum absolute atomic E-state index is 0.243. The van der Waals surface area contributed by atoms with Gasteiger partial charge in [-0.25, -0.2) is 15.0 Å². The molecule has 2 aromatic heterocycles. The van der Waals surface area contributed by atoms with E-state index in [-0.39, 0.29) is 11.6 Å². The Labute approximate surface area is 184 Å². The maximum Gasteiger partial charge on any atom is 0.312 e. The zero-order valence-electron chi connectivity index (χ0n) is 17.4. The summed E-state index contributed by atoms with van der Waals surface area (Å²) in [6.45, 7) is 5.37. The van der Waals surface area contributed by atoms with Crippen LogP contribution in [0.15, 0.2) is 51.9 Å². The van der Waals surface area contributed by atoms with E-state index < -0.39 is 0 Å². The molecule has 0 amide bonds. The first kappa shape index (κ1) is 20.9. The highest BCUT2D eigenvalue weighted by Gasteiger charge is 2.13. The molecule has 0 radical (unpaired) electrons. The quantitative estimate of drug-likeness (QED) is 0.256. The maximum absolute atomic E-state index is 10.1. The molecule has 0 spiro atoms. The lowest BCUT2D eigenvalue weighted by Crippen LogP contribution is -1.95. The predicted octanol–water partition coefficient (Wildman–Crippen LogP) is 5.99. The van der Waals surface area contributed by atoms with Crippen LogP contribution in [-0.2, 0) is 0 Å². The molecule has 0 aliphatic rings. The third-order valence-corrected chi connectivity index (χ3v) is 5.39. The molecule has 2 aromatic carbocycles. The first-order valence-corrected chi connectivity index (χ1v) is 11.0. The van der Waals surface area contributed by atoms with Crippen LogP contribution < -0.4 is 9.47 Å². The number of hydrogen-bond acceptors (Lipinski definition) is 8. The maximum atomic E-state index is 10.1. The van der Waals surface area contributed by atoms with Crippen LogP contribution in [0.3, 0.4) is 0 Å². The summed E-state index contributed by atoms with van der Waals surface area (Å²) in [5.41, 5.74) is 1.82. The number of oxazole rings is 1. The Morgan fingerprint density at radius 2 is 1.87 bits per heavy atom. The van der Waals surface area contributed by atoms with Crippen molar-refractivity contribution in [2.24, 2.45) is 4.99 Å². The van der Waals surface area contributed by atoms with Crippen LogP contribution in [0.1, 0.15) is 32.4 Å². The van der Waals surface area contributed by atoms with E-state index in [2.05, 4.69) is 21.9 Å². The number of fused-ring (bicyclic) bond motifs is 1. The van der Waals surface area contributed by atoms with Crippen molar-refractivity contribution in [3.63, 3.8) is 0 Å². The average molecular weight is 438 g/mol. The van der Waals surface area contributed by atoms with E-state index in [1.165, 1.54) is 17.6 Å². The highest BCUT2D eigenvalue weighted by molar-refractivity contribution is 7.22. The molecule has 0 aliphatic carbocycles. The van der Waals surface area contributed by atoms with Crippen molar-refractivity contribution in [3.8, 4) is 28.9 Å². The number of thiazole rings is 1. The minimum Gasteiger partial charge on any atom is -0.494 e. The predicted molar refractivity (Wildman–Crippen MR) is 122 cm³/mol. The van der Waals surface area contributed by atoms with Crippen molar-refractivity contribution < 1.29 is 19.0 Å². The standard InChI is InChI=1S/C23H23N3O4S/c1-3-5-12-29-16-8-6-15(7-9-16)21-25-19(22(27)30-21)14-24-23-26-18-11-10-17(28-4-2)13-20(18)31-23/h6-11,13-14,27H,3-5,12H2,1-2H3/b24-14+. The summed E-state index contributed by atoms with van der Waals surface area (Å²) in [7, 11) is 0. The fourth-order valence-electron chi connectivity index (χ4n) is 2.88. The Kier molecular flexibility index (Phi) is 6.47. The van der Waals surface area contributed by atoms with Crippen LogP contribution in [0.5, 0.6) is 17.4 Å². The van der Waals surface area contributed by atoms with Crippen LogP contribution >= 0.6 is 11.3 Å². The van der Waals surface area contributed by atoms with E-state index in [0.717, 1.165) is 40.1 Å². The minimum atomic E-state index is -0.290. The van der Waals surface area contributed by atoms with Crippen molar-refractivity contribution in [3.05, 3.63) is 48.2 Å². The number of rotatable bonds is 9. The molecular weight excluding hydrogens is 414 g/mol. The van der Waals surface area contributed by atoms with Gasteiger partial charge in [-0.05, 0) is 55.8 Å². The first-order chi connectivity index (χ1) is 15.2. The van der Waals surface area contributed by atoms with Crippen LogP contribution in [0.25, 0.3) is 21.7 Å². The van der Waals surface area contributed by atoms with E-state index in [1.54, 1.807) is 0 Å². The van der Waals surface area contributed by atoms with Crippen molar-refractivity contribution in [2.45, 2.75) is 26.7 Å². The van der Waals surface area contributed by atoms with Gasteiger partial charge >= 0.3 is 5.95 Å². The average Bonchev–Trinajstić information content (AvgIpc) is 3.35. The number of ether oxygens (including phenoxy) is 2. The van der Waals surface area contributed by atoms with Crippen LogP contribution in [-0.4, -0.2) is 34.5 Å². The summed E-state index contributed by atoms with van der Waals surface area (Å²) in [5.74, 6) is 1.61. The molecule has 7 nitrogen and oxygen atoms in total. The smallest absolute Gasteiger partial charge is 0.312 e. The van der Waals surface area contributed by atoms with E-state index >= 15 is 0 Å². The highest BCUT2D eigenvalue weighted by Crippen LogP contribution is 2.32. The molecule has 160 valence electrons. The van der Waals surface area contributed by atoms with Crippen LogP contribution in [0.2, 0.25) is 0 Å². The van der Waals surface area contributed by atoms with Gasteiger partial charge in [0.2, 0.25) is 11.0 Å². The van der Waals surface area contributed by atoms with E-state index in [4.69, 9.17) is 13.9 Å². The second-order valence-corrected chi connectivity index (χ2v) is 7.76. The van der Waals surface area contributed by atoms with Gasteiger partial charge in [0.1, 0.15) is 11.5 Å². The molecule has 0 saturated heterocycles. The summed E-state index contributed by atoms with van der Waals surface area (Å²) < 4.78 is 17.6. The van der Waals surface area contributed by atoms with Gasteiger partial charge in [0, 0.05) is 5.56 Å². The number of aromatic nitrogens is 2. The zero-order chi connectivity index (χ0) is 21.6. The molecule has 2 heterocycles. The Hall–Kier alpha value is -3.39. The first-order valence-electron chi connectivity index (χ1n) is 10.2. The molecule has 31 heavy (non-hydrogen) atoms. The lowest BCUT2D eigenvalue weighted by Gasteiger charge is -2.05. The fraction of sp³-hybridized carbons (Fsp3) is 0.261. The fourth-order valence-corrected chi connectivity index (χ4v) is 3.72. The summed E-state index contributed by atoms with van der Waals surface area (Å²) in [6.07, 6.45) is 3.55. The topological polar surface area (TPSA) is 90.0 Å². The Morgan fingerprint density at radius 3 is 2.65 bits per heavy atom. The van der Waals surface area contributed by atoms with Gasteiger partial charge in [-0.15, -0.1) is 0 Å². The number of hydrogen-bond donors (Lipinski definition) is 1. The van der Waals surface area contributed by atoms with Gasteiger partial charge in [-0.2, -0.15) is 0 Å². The summed E-state index contributed by atoms with van der Waals surface area (Å²) in [6, 6.07) is 13.1. The second-order valence-electron chi connectivity index (χ2n) is 6.75. The molecule has 0 saturated carbocycles. The third kappa shape index (κ3) is 5.03. The van der Waals surface area contributed by atoms with Gasteiger partial charge in [0.05, 0.1) is 29.6 Å². The van der Waals surface area contributed by atoms with Gasteiger partial charge in [-0.1, -0.05) is 24.7 Å². The van der Waals surface area contributed by atoms with E-state index in [0.29, 0.717) is 24.2 Å².